The quantitative estimate of drug-likeness (QED) is 0.696. The summed E-state index contributed by atoms with van der Waals surface area (Å²) in [6.45, 7) is 2.10. The molecule has 3 N–H and O–H groups in total. The van der Waals surface area contributed by atoms with E-state index in [1.54, 1.807) is 6.07 Å². The number of nitrogens with one attached hydrogen (secondary N) is 1. The number of primary amides is 1. The zero-order valence-electron chi connectivity index (χ0n) is 13.0. The molecular formula is C17H16Cl2N2OS2. The number of hydrogen-bond acceptors (Lipinski definition) is 3. The molecule has 2 heterocycles. The molecule has 1 aromatic carbocycles. The molecular weight excluding hydrogens is 383 g/mol. The van der Waals surface area contributed by atoms with Gasteiger partial charge in [0.15, 0.2) is 0 Å². The highest BCUT2D eigenvalue weighted by Crippen LogP contribution is 2.37. The van der Waals surface area contributed by atoms with Crippen LogP contribution in [-0.4, -0.2) is 16.1 Å². The summed E-state index contributed by atoms with van der Waals surface area (Å²) in [4.78, 5) is 16.1. The lowest BCUT2D eigenvalue weighted by molar-refractivity contribution is -0.117. The van der Waals surface area contributed by atoms with Gasteiger partial charge in [0.25, 0.3) is 0 Å². The van der Waals surface area contributed by atoms with Crippen LogP contribution in [0.2, 0.25) is 10.0 Å². The fourth-order valence-electron chi connectivity index (χ4n) is 2.95. The number of aromatic amines is 1. The molecule has 3 rings (SSSR count). The third-order valence-corrected chi connectivity index (χ3v) is 6.54. The van der Waals surface area contributed by atoms with Gasteiger partial charge in [-0.15, -0.1) is 11.8 Å². The molecule has 0 saturated carbocycles. The zero-order valence-corrected chi connectivity index (χ0v) is 16.1. The number of amides is 1. The third-order valence-electron chi connectivity index (χ3n) is 4.05. The number of H-pyrrole nitrogens is 1. The summed E-state index contributed by atoms with van der Waals surface area (Å²) in [5, 5.41) is 2.04. The number of aromatic nitrogens is 1. The maximum Gasteiger partial charge on any atom is 0.223 e. The van der Waals surface area contributed by atoms with Gasteiger partial charge in [0.2, 0.25) is 5.91 Å². The van der Waals surface area contributed by atoms with Gasteiger partial charge in [-0.2, -0.15) is 0 Å². The first-order chi connectivity index (χ1) is 11.4. The second-order valence-corrected chi connectivity index (χ2v) is 8.57. The van der Waals surface area contributed by atoms with Gasteiger partial charge in [0.1, 0.15) is 0 Å². The summed E-state index contributed by atoms with van der Waals surface area (Å²) < 4.78 is 0.651. The Hall–Kier alpha value is -1.01. The van der Waals surface area contributed by atoms with Crippen LogP contribution in [0.3, 0.4) is 0 Å². The number of carbonyl (C=O) groups excluding carboxylic acids is 1. The van der Waals surface area contributed by atoms with Crippen LogP contribution in [0, 0.1) is 4.51 Å². The molecule has 126 valence electrons. The maximum absolute atomic E-state index is 11.5. The number of allylic oxidation sites excluding steroid dienone is 2. The van der Waals surface area contributed by atoms with Crippen molar-refractivity contribution in [1.82, 2.24) is 4.98 Å². The van der Waals surface area contributed by atoms with Gasteiger partial charge >= 0.3 is 0 Å². The molecule has 1 aliphatic rings. The second kappa shape index (κ2) is 7.08. The number of fused-ring (bicyclic) bond motifs is 1. The largest absolute Gasteiger partial charge is 0.369 e. The molecule has 1 unspecified atom stereocenters. The normalized spacial score (nSPS) is 17.3. The van der Waals surface area contributed by atoms with Crippen LogP contribution in [-0.2, 0) is 17.6 Å². The van der Waals surface area contributed by atoms with Crippen molar-refractivity contribution in [3.63, 3.8) is 0 Å². The first kappa shape index (κ1) is 17.8. The molecule has 0 spiro atoms. The minimum Gasteiger partial charge on any atom is -0.369 e. The average molecular weight is 399 g/mol. The standard InChI is InChI=1S/C17H16Cl2N2OS2/c1-8-2-3-9(24-8)6-10-13(7-14(20)22)21-12-5-4-11(18)16(19)15(12)17(10)23/h2,4-5,9H,3,6-7H2,1H3,(H2,20,22)(H,21,23). The van der Waals surface area contributed by atoms with E-state index < -0.39 is 5.91 Å². The highest BCUT2D eigenvalue weighted by molar-refractivity contribution is 8.03. The van der Waals surface area contributed by atoms with E-state index in [9.17, 15) is 4.79 Å². The summed E-state index contributed by atoms with van der Waals surface area (Å²) in [5.41, 5.74) is 7.88. The van der Waals surface area contributed by atoms with Crippen LogP contribution < -0.4 is 5.73 Å². The molecule has 0 radical (unpaired) electrons. The number of hydrogen-bond donors (Lipinski definition) is 2. The van der Waals surface area contributed by atoms with E-state index in [4.69, 9.17) is 41.2 Å². The van der Waals surface area contributed by atoms with Crippen molar-refractivity contribution in [3.8, 4) is 0 Å². The fraction of sp³-hybridized carbons (Fsp3) is 0.294. The molecule has 1 aromatic heterocycles. The minimum atomic E-state index is -0.394. The van der Waals surface area contributed by atoms with Crippen LogP contribution >= 0.6 is 47.2 Å². The Kier molecular flexibility index (Phi) is 5.25. The molecule has 0 fully saturated rings. The topological polar surface area (TPSA) is 58.9 Å². The van der Waals surface area contributed by atoms with E-state index in [1.165, 1.54) is 4.91 Å². The third kappa shape index (κ3) is 3.49. The first-order valence-electron chi connectivity index (χ1n) is 7.50. The average Bonchev–Trinajstić information content (AvgIpc) is 2.91. The SMILES string of the molecule is CC1=CCC(Cc2c(CC(N)=O)[nH]c3ccc(Cl)c(Cl)c3c2=S)S1. The van der Waals surface area contributed by atoms with Crippen molar-refractivity contribution < 1.29 is 4.79 Å². The number of benzene rings is 1. The Bertz CT molecular complexity index is 921. The Labute approximate surface area is 159 Å². The van der Waals surface area contributed by atoms with Gasteiger partial charge in [-0.05, 0) is 42.4 Å². The lowest BCUT2D eigenvalue weighted by Gasteiger charge is -2.16. The molecule has 1 amide bonds. The fourth-order valence-corrected chi connectivity index (χ4v) is 5.00. The number of pyridine rings is 1. The molecule has 3 nitrogen and oxygen atoms in total. The number of thioether (sulfide) groups is 1. The van der Waals surface area contributed by atoms with Crippen LogP contribution in [0.25, 0.3) is 10.9 Å². The van der Waals surface area contributed by atoms with E-state index in [1.807, 2.05) is 17.8 Å². The van der Waals surface area contributed by atoms with E-state index in [0.29, 0.717) is 19.8 Å². The van der Waals surface area contributed by atoms with Crippen molar-refractivity contribution in [2.75, 3.05) is 0 Å². The number of halogens is 2. The van der Waals surface area contributed by atoms with E-state index in [2.05, 4.69) is 18.0 Å². The van der Waals surface area contributed by atoms with Crippen LogP contribution in [0.4, 0.5) is 0 Å². The van der Waals surface area contributed by atoms with Crippen LogP contribution in [0.15, 0.2) is 23.1 Å². The Morgan fingerprint density at radius 2 is 2.21 bits per heavy atom. The number of nitrogens with two attached hydrogens (primary N) is 1. The summed E-state index contributed by atoms with van der Waals surface area (Å²) >= 11 is 20.1. The molecule has 1 aliphatic heterocycles. The van der Waals surface area contributed by atoms with E-state index in [0.717, 1.165) is 35.0 Å². The monoisotopic (exact) mass is 398 g/mol. The van der Waals surface area contributed by atoms with Crippen LogP contribution in [0.1, 0.15) is 24.6 Å². The molecule has 1 atom stereocenters. The zero-order chi connectivity index (χ0) is 17.4. The molecule has 24 heavy (non-hydrogen) atoms. The van der Waals surface area contributed by atoms with Gasteiger partial charge in [-0.3, -0.25) is 4.79 Å². The smallest absolute Gasteiger partial charge is 0.223 e. The molecule has 7 heteroatoms. The van der Waals surface area contributed by atoms with Crippen molar-refractivity contribution in [2.45, 2.75) is 31.4 Å². The van der Waals surface area contributed by atoms with E-state index >= 15 is 0 Å². The highest BCUT2D eigenvalue weighted by Gasteiger charge is 2.21. The lowest BCUT2D eigenvalue weighted by atomic mass is 10.0. The van der Waals surface area contributed by atoms with Crippen LogP contribution in [0.5, 0.6) is 0 Å². The Morgan fingerprint density at radius 1 is 1.46 bits per heavy atom. The Balaban J connectivity index is 2.16. The first-order valence-corrected chi connectivity index (χ1v) is 9.54. The van der Waals surface area contributed by atoms with Crippen molar-refractivity contribution in [1.29, 1.82) is 0 Å². The maximum atomic E-state index is 11.5. The van der Waals surface area contributed by atoms with Crippen molar-refractivity contribution in [2.24, 2.45) is 5.73 Å². The van der Waals surface area contributed by atoms with Crippen molar-refractivity contribution in [3.05, 3.63) is 48.9 Å². The van der Waals surface area contributed by atoms with Gasteiger partial charge < -0.3 is 10.7 Å². The number of rotatable bonds is 4. The van der Waals surface area contributed by atoms with Gasteiger partial charge in [0.05, 0.1) is 21.0 Å². The lowest BCUT2D eigenvalue weighted by Crippen LogP contribution is -2.18. The molecule has 0 aliphatic carbocycles. The summed E-state index contributed by atoms with van der Waals surface area (Å²) in [6, 6.07) is 3.54. The van der Waals surface area contributed by atoms with Gasteiger partial charge in [-0.1, -0.05) is 41.5 Å². The summed E-state index contributed by atoms with van der Waals surface area (Å²) in [7, 11) is 0. The van der Waals surface area contributed by atoms with Gasteiger partial charge in [0, 0.05) is 21.8 Å². The minimum absolute atomic E-state index is 0.124. The second-order valence-electron chi connectivity index (χ2n) is 5.83. The van der Waals surface area contributed by atoms with Crippen molar-refractivity contribution >= 4 is 64.0 Å². The van der Waals surface area contributed by atoms with Gasteiger partial charge in [-0.25, -0.2) is 0 Å². The Morgan fingerprint density at radius 3 is 2.83 bits per heavy atom. The molecule has 0 saturated heterocycles. The summed E-state index contributed by atoms with van der Waals surface area (Å²) in [5.74, 6) is -0.394. The van der Waals surface area contributed by atoms with E-state index in [-0.39, 0.29) is 6.42 Å². The summed E-state index contributed by atoms with van der Waals surface area (Å²) in [6.07, 6.45) is 4.09. The molecule has 2 aromatic rings. The predicted molar refractivity (Wildman–Crippen MR) is 106 cm³/mol. The highest BCUT2D eigenvalue weighted by atomic mass is 35.5. The number of carbonyl (C=O) groups is 1. The molecule has 0 bridgehead atoms. The predicted octanol–water partition coefficient (Wildman–Crippen LogP) is 5.18.